The lowest BCUT2D eigenvalue weighted by molar-refractivity contribution is 0.0256. The van der Waals surface area contributed by atoms with Crippen LogP contribution >= 0.6 is 11.3 Å². The van der Waals surface area contributed by atoms with Gasteiger partial charge in [-0.25, -0.2) is 4.39 Å². The zero-order chi connectivity index (χ0) is 24.3. The minimum atomic E-state index is -1.09. The van der Waals surface area contributed by atoms with Crippen molar-refractivity contribution in [3.8, 4) is 11.5 Å². The second kappa shape index (κ2) is 7.94. The van der Waals surface area contributed by atoms with Crippen LogP contribution in [0, 0.1) is 11.6 Å². The number of carbonyl (C=O) groups is 1. The van der Waals surface area contributed by atoms with Gasteiger partial charge in [-0.1, -0.05) is 12.1 Å². The molecule has 1 aliphatic carbocycles. The van der Waals surface area contributed by atoms with E-state index in [9.17, 15) is 19.1 Å². The molecule has 1 atom stereocenters. The van der Waals surface area contributed by atoms with E-state index in [1.165, 1.54) is 34.3 Å². The lowest BCUT2D eigenvalue weighted by Gasteiger charge is -2.53. The van der Waals surface area contributed by atoms with Crippen LogP contribution < -0.4 is 15.2 Å². The molecule has 1 N–H and O–H groups in total. The molecule has 1 unspecified atom stereocenters. The number of thiophene rings is 1. The van der Waals surface area contributed by atoms with Crippen molar-refractivity contribution >= 4 is 17.2 Å². The maximum Gasteiger partial charge on any atom is 0.278 e. The number of hydrogen-bond donors (Lipinski definition) is 1. The predicted octanol–water partition coefficient (Wildman–Crippen LogP) is 3.91. The van der Waals surface area contributed by atoms with E-state index < -0.39 is 40.3 Å². The highest BCUT2D eigenvalue weighted by atomic mass is 32.1. The van der Waals surface area contributed by atoms with Gasteiger partial charge in [-0.2, -0.15) is 4.39 Å². The van der Waals surface area contributed by atoms with E-state index in [0.717, 1.165) is 17.4 Å². The number of amides is 1. The summed E-state index contributed by atoms with van der Waals surface area (Å²) >= 11 is 1.41. The summed E-state index contributed by atoms with van der Waals surface area (Å²) in [4.78, 5) is 28.5. The highest BCUT2D eigenvalue weighted by Gasteiger charge is 2.49. The molecule has 2 aliphatic heterocycles. The van der Waals surface area contributed by atoms with Crippen LogP contribution in [0.15, 0.2) is 58.9 Å². The van der Waals surface area contributed by atoms with Crippen molar-refractivity contribution in [1.29, 1.82) is 0 Å². The summed E-state index contributed by atoms with van der Waals surface area (Å²) in [5.41, 5.74) is -1.10. The van der Waals surface area contributed by atoms with Crippen molar-refractivity contribution in [2.24, 2.45) is 0 Å². The van der Waals surface area contributed by atoms with Crippen molar-refractivity contribution in [2.45, 2.75) is 30.8 Å². The van der Waals surface area contributed by atoms with Crippen LogP contribution in [0.4, 0.5) is 8.78 Å². The molecule has 0 radical (unpaired) electrons. The van der Waals surface area contributed by atoms with Crippen molar-refractivity contribution in [3.63, 3.8) is 0 Å². The first-order valence-electron chi connectivity index (χ1n) is 11.3. The third-order valence-corrected chi connectivity index (χ3v) is 7.98. The predicted molar refractivity (Wildman–Crippen MR) is 125 cm³/mol. The van der Waals surface area contributed by atoms with Crippen LogP contribution in [0.3, 0.4) is 0 Å². The van der Waals surface area contributed by atoms with E-state index in [2.05, 4.69) is 0 Å². The standard InChI is InChI=1S/C25H21F2N3O4S/c26-16-6-5-15-20(18-4-1-13-35-18)30-14-28(24(33)21-22(32)17(31)7-11-29(21)30)25(8-2-9-25)10-3-12-34-23(15)19(16)27/h1,3-7,10-11,13,20,32H,2,8-9,12,14H2/b10-3+. The molecular weight excluding hydrogens is 476 g/mol. The number of nitrogens with zero attached hydrogens (tertiary/aromatic N) is 3. The van der Waals surface area contributed by atoms with E-state index >= 15 is 4.39 Å². The van der Waals surface area contributed by atoms with Gasteiger partial charge in [0.25, 0.3) is 5.91 Å². The molecule has 35 heavy (non-hydrogen) atoms. The molecule has 3 aromatic rings. The maximum atomic E-state index is 15.1. The van der Waals surface area contributed by atoms with Crippen molar-refractivity contribution in [2.75, 3.05) is 18.3 Å². The average molecular weight is 498 g/mol. The van der Waals surface area contributed by atoms with E-state index in [-0.39, 0.29) is 24.7 Å². The Balaban J connectivity index is 1.66. The van der Waals surface area contributed by atoms with Crippen LogP contribution in [-0.4, -0.2) is 39.4 Å². The SMILES string of the molecule is O=C1c2c(O)c(=O)ccn2N2CN1C1(/C=C/COc3c(ccc(F)c3F)C2c2cccs2)CCC1. The number of halogens is 2. The van der Waals surface area contributed by atoms with E-state index in [1.807, 2.05) is 23.6 Å². The second-order valence-corrected chi connectivity index (χ2v) is 9.88. The first-order chi connectivity index (χ1) is 16.9. The highest BCUT2D eigenvalue weighted by molar-refractivity contribution is 7.10. The molecule has 3 aliphatic rings. The molecule has 1 amide bonds. The maximum absolute atomic E-state index is 15.1. The van der Waals surface area contributed by atoms with Gasteiger partial charge >= 0.3 is 0 Å². The van der Waals surface area contributed by atoms with Gasteiger partial charge < -0.3 is 14.7 Å². The number of aromatic nitrogens is 1. The Bertz CT molecular complexity index is 1410. The van der Waals surface area contributed by atoms with E-state index in [1.54, 1.807) is 16.0 Å². The minimum Gasteiger partial charge on any atom is -0.502 e. The number of rotatable bonds is 1. The molecule has 1 spiro atoms. The summed E-state index contributed by atoms with van der Waals surface area (Å²) in [6.45, 7) is 0.0872. The van der Waals surface area contributed by atoms with Crippen molar-refractivity contribution < 1.29 is 23.4 Å². The van der Waals surface area contributed by atoms with Crippen LogP contribution in [0.25, 0.3) is 0 Å². The molecular formula is C25H21F2N3O4S. The zero-order valence-electron chi connectivity index (χ0n) is 18.5. The largest absolute Gasteiger partial charge is 0.502 e. The Morgan fingerprint density at radius 3 is 2.69 bits per heavy atom. The van der Waals surface area contributed by atoms with Crippen LogP contribution in [0.2, 0.25) is 0 Å². The Morgan fingerprint density at radius 1 is 1.14 bits per heavy atom. The van der Waals surface area contributed by atoms with E-state index in [4.69, 9.17) is 4.74 Å². The van der Waals surface area contributed by atoms with Crippen LogP contribution in [-0.2, 0) is 0 Å². The number of ether oxygens (including phenoxy) is 1. The number of fused-ring (bicyclic) bond motifs is 6. The molecule has 2 aromatic heterocycles. The van der Waals surface area contributed by atoms with Crippen molar-refractivity contribution in [1.82, 2.24) is 9.58 Å². The monoisotopic (exact) mass is 497 g/mol. The normalized spacial score (nSPS) is 21.4. The third-order valence-electron chi connectivity index (χ3n) is 7.06. The first-order valence-corrected chi connectivity index (χ1v) is 12.1. The number of carbonyl (C=O) groups excluding carboxylic acids is 1. The zero-order valence-corrected chi connectivity index (χ0v) is 19.3. The lowest BCUT2D eigenvalue weighted by atomic mass is 9.74. The Labute approximate surface area is 203 Å². The Kier molecular flexibility index (Phi) is 4.96. The van der Waals surface area contributed by atoms with Gasteiger partial charge in [-0.3, -0.25) is 19.3 Å². The molecule has 6 rings (SSSR count). The Morgan fingerprint density at radius 2 is 1.97 bits per heavy atom. The van der Waals surface area contributed by atoms with Gasteiger partial charge in [-0.05, 0) is 48.9 Å². The average Bonchev–Trinajstić information content (AvgIpc) is 3.34. The lowest BCUT2D eigenvalue weighted by Crippen LogP contribution is -2.64. The number of benzene rings is 1. The van der Waals surface area contributed by atoms with E-state index in [0.29, 0.717) is 18.4 Å². The summed E-state index contributed by atoms with van der Waals surface area (Å²) in [5.74, 6) is -3.44. The molecule has 1 aromatic carbocycles. The third kappa shape index (κ3) is 3.19. The van der Waals surface area contributed by atoms with Crippen LogP contribution in [0.1, 0.15) is 46.2 Å². The smallest absolute Gasteiger partial charge is 0.278 e. The molecule has 10 heteroatoms. The Hall–Kier alpha value is -3.66. The van der Waals surface area contributed by atoms with Gasteiger partial charge in [0.1, 0.15) is 19.3 Å². The molecule has 7 nitrogen and oxygen atoms in total. The van der Waals surface area contributed by atoms with Gasteiger partial charge in [0.05, 0.1) is 5.54 Å². The van der Waals surface area contributed by atoms with Crippen LogP contribution in [0.5, 0.6) is 11.5 Å². The molecule has 180 valence electrons. The fraction of sp³-hybridized carbons (Fsp3) is 0.280. The molecule has 1 fully saturated rings. The highest BCUT2D eigenvalue weighted by Crippen LogP contribution is 2.45. The number of aromatic hydroxyl groups is 1. The second-order valence-electron chi connectivity index (χ2n) is 8.90. The fourth-order valence-corrected chi connectivity index (χ4v) is 6.01. The number of hydrogen-bond acceptors (Lipinski definition) is 6. The van der Waals surface area contributed by atoms with Crippen molar-refractivity contribution in [3.05, 3.63) is 92.1 Å². The topological polar surface area (TPSA) is 75.0 Å². The summed E-state index contributed by atoms with van der Waals surface area (Å²) < 4.78 is 36.6. The molecule has 4 heterocycles. The first kappa shape index (κ1) is 21.8. The molecule has 0 saturated heterocycles. The molecule has 2 bridgehead atoms. The molecule has 1 saturated carbocycles. The summed E-state index contributed by atoms with van der Waals surface area (Å²) in [7, 11) is 0. The minimum absolute atomic E-state index is 0.00956. The van der Waals surface area contributed by atoms with Gasteiger partial charge in [0.15, 0.2) is 23.0 Å². The summed E-state index contributed by atoms with van der Waals surface area (Å²) in [6, 6.07) is 6.71. The number of pyridine rings is 1. The fourth-order valence-electron chi connectivity index (χ4n) is 5.17. The van der Waals surface area contributed by atoms with Gasteiger partial charge in [0, 0.05) is 22.7 Å². The van der Waals surface area contributed by atoms with Gasteiger partial charge in [0.2, 0.25) is 11.2 Å². The quantitative estimate of drug-likeness (QED) is 0.516. The van der Waals surface area contributed by atoms with Gasteiger partial charge in [-0.15, -0.1) is 11.3 Å². The summed E-state index contributed by atoms with van der Waals surface area (Å²) in [5, 5.41) is 14.4. The summed E-state index contributed by atoms with van der Waals surface area (Å²) in [6.07, 6.45) is 7.29.